The number of phenolic OH excluding ortho intramolecular Hbond substituents is 1. The standard InChI is InChI=1S/C29H33N3O5S/c1-5-37-28-14-19(6-10-26(28)33)18-32(29(38)31-25-16-22(35-3)8-11-27(25)36-4)13-12-20-17-30-24-9-7-21(34-2)15-23(20)24/h6-11,14-17,30,33H,5,12-13,18H2,1-4H3,(H,31,38). The molecule has 0 amide bonds. The molecule has 8 nitrogen and oxygen atoms in total. The first-order valence-corrected chi connectivity index (χ1v) is 12.7. The zero-order valence-electron chi connectivity index (χ0n) is 22.0. The number of fused-ring (bicyclic) bond motifs is 1. The minimum Gasteiger partial charge on any atom is -0.504 e. The van der Waals surface area contributed by atoms with Gasteiger partial charge in [0.1, 0.15) is 17.2 Å². The molecule has 0 aliphatic rings. The van der Waals surface area contributed by atoms with Crippen LogP contribution in [0.25, 0.3) is 10.9 Å². The zero-order chi connectivity index (χ0) is 27.1. The van der Waals surface area contributed by atoms with Crippen LogP contribution >= 0.6 is 12.2 Å². The number of nitrogens with zero attached hydrogens (tertiary/aromatic N) is 1. The molecule has 1 aromatic heterocycles. The summed E-state index contributed by atoms with van der Waals surface area (Å²) >= 11 is 5.89. The highest BCUT2D eigenvalue weighted by Crippen LogP contribution is 2.31. The van der Waals surface area contributed by atoms with Crippen LogP contribution in [-0.4, -0.2) is 54.6 Å². The van der Waals surface area contributed by atoms with E-state index in [-0.39, 0.29) is 5.75 Å². The molecule has 0 unspecified atom stereocenters. The predicted octanol–water partition coefficient (Wildman–Crippen LogP) is 5.74. The number of H-pyrrole nitrogens is 1. The number of aromatic amines is 1. The van der Waals surface area contributed by atoms with Crippen molar-refractivity contribution in [3.05, 3.63) is 71.9 Å². The third-order valence-electron chi connectivity index (χ3n) is 6.26. The fourth-order valence-electron chi connectivity index (χ4n) is 4.25. The van der Waals surface area contributed by atoms with Crippen LogP contribution < -0.4 is 24.3 Å². The molecule has 0 aliphatic heterocycles. The third kappa shape index (κ3) is 6.23. The first kappa shape index (κ1) is 26.9. The summed E-state index contributed by atoms with van der Waals surface area (Å²) in [5.41, 5.74) is 3.87. The van der Waals surface area contributed by atoms with Gasteiger partial charge in [-0.05, 0) is 79.2 Å². The van der Waals surface area contributed by atoms with E-state index < -0.39 is 0 Å². The maximum atomic E-state index is 10.2. The number of aromatic nitrogens is 1. The van der Waals surface area contributed by atoms with Crippen LogP contribution in [0.15, 0.2) is 60.8 Å². The summed E-state index contributed by atoms with van der Waals surface area (Å²) in [5, 5.41) is 15.1. The summed E-state index contributed by atoms with van der Waals surface area (Å²) in [6.07, 6.45) is 2.76. The largest absolute Gasteiger partial charge is 0.504 e. The highest BCUT2D eigenvalue weighted by Gasteiger charge is 2.16. The lowest BCUT2D eigenvalue weighted by molar-refractivity contribution is 0.317. The Morgan fingerprint density at radius 2 is 1.71 bits per heavy atom. The molecular weight excluding hydrogens is 502 g/mol. The van der Waals surface area contributed by atoms with Gasteiger partial charge < -0.3 is 39.3 Å². The van der Waals surface area contributed by atoms with Crippen LogP contribution in [0.1, 0.15) is 18.1 Å². The lowest BCUT2D eigenvalue weighted by atomic mass is 10.1. The molecule has 0 saturated heterocycles. The monoisotopic (exact) mass is 535 g/mol. The maximum absolute atomic E-state index is 10.2. The van der Waals surface area contributed by atoms with Gasteiger partial charge in [0.2, 0.25) is 0 Å². The van der Waals surface area contributed by atoms with Crippen molar-refractivity contribution < 1.29 is 24.1 Å². The number of phenols is 1. The molecule has 1 heterocycles. The summed E-state index contributed by atoms with van der Waals surface area (Å²) in [5.74, 6) is 2.71. The van der Waals surface area contributed by atoms with Gasteiger partial charge in [0.25, 0.3) is 0 Å². The van der Waals surface area contributed by atoms with Gasteiger partial charge in [-0.15, -0.1) is 0 Å². The molecule has 0 aliphatic carbocycles. The van der Waals surface area contributed by atoms with Gasteiger partial charge in [-0.1, -0.05) is 6.07 Å². The van der Waals surface area contributed by atoms with Crippen molar-refractivity contribution >= 4 is 33.9 Å². The van der Waals surface area contributed by atoms with Gasteiger partial charge in [-0.2, -0.15) is 0 Å². The number of thiocarbonyl (C=S) groups is 1. The van der Waals surface area contributed by atoms with Gasteiger partial charge in [0.05, 0.1) is 33.6 Å². The molecule has 200 valence electrons. The van der Waals surface area contributed by atoms with Crippen molar-refractivity contribution in [1.29, 1.82) is 0 Å². The van der Waals surface area contributed by atoms with Crippen molar-refractivity contribution in [1.82, 2.24) is 9.88 Å². The van der Waals surface area contributed by atoms with E-state index in [4.69, 9.17) is 31.2 Å². The quantitative estimate of drug-likeness (QED) is 0.210. The van der Waals surface area contributed by atoms with E-state index >= 15 is 0 Å². The number of benzene rings is 3. The second-order valence-corrected chi connectivity index (χ2v) is 9.02. The predicted molar refractivity (Wildman–Crippen MR) is 154 cm³/mol. The van der Waals surface area contributed by atoms with Crippen LogP contribution in [0, 0.1) is 0 Å². The molecule has 0 saturated carbocycles. The molecule has 0 radical (unpaired) electrons. The number of methoxy groups -OCH3 is 3. The summed E-state index contributed by atoms with van der Waals surface area (Å²) < 4.78 is 21.9. The molecule has 3 N–H and O–H groups in total. The Morgan fingerprint density at radius 3 is 2.45 bits per heavy atom. The van der Waals surface area contributed by atoms with Crippen LogP contribution in [0.3, 0.4) is 0 Å². The minimum atomic E-state index is 0.108. The molecular formula is C29H33N3O5S. The van der Waals surface area contributed by atoms with E-state index in [1.165, 1.54) is 0 Å². The smallest absolute Gasteiger partial charge is 0.173 e. The number of rotatable bonds is 11. The average Bonchev–Trinajstić information content (AvgIpc) is 3.34. The Morgan fingerprint density at radius 1 is 0.947 bits per heavy atom. The maximum Gasteiger partial charge on any atom is 0.173 e. The Bertz CT molecular complexity index is 1400. The first-order chi connectivity index (χ1) is 18.4. The summed E-state index contributed by atoms with van der Waals surface area (Å²) in [6.45, 7) is 3.48. The minimum absolute atomic E-state index is 0.108. The second kappa shape index (κ2) is 12.4. The second-order valence-electron chi connectivity index (χ2n) is 8.63. The summed E-state index contributed by atoms with van der Waals surface area (Å²) in [4.78, 5) is 5.42. The first-order valence-electron chi connectivity index (χ1n) is 12.3. The number of hydrogen-bond donors (Lipinski definition) is 3. The van der Waals surface area contributed by atoms with Gasteiger partial charge in [-0.25, -0.2) is 0 Å². The van der Waals surface area contributed by atoms with E-state index in [9.17, 15) is 5.11 Å². The van der Waals surface area contributed by atoms with Crippen molar-refractivity contribution in [3.63, 3.8) is 0 Å². The molecule has 4 rings (SSSR count). The highest BCUT2D eigenvalue weighted by molar-refractivity contribution is 7.80. The molecule has 3 aromatic carbocycles. The number of hydrogen-bond acceptors (Lipinski definition) is 6. The van der Waals surface area contributed by atoms with Crippen LogP contribution in [0.4, 0.5) is 5.69 Å². The van der Waals surface area contributed by atoms with Gasteiger partial charge in [0.15, 0.2) is 16.6 Å². The zero-order valence-corrected chi connectivity index (χ0v) is 22.9. The molecule has 0 bridgehead atoms. The van der Waals surface area contributed by atoms with E-state index in [2.05, 4.69) is 15.2 Å². The summed E-state index contributed by atoms with van der Waals surface area (Å²) in [7, 11) is 4.90. The SMILES string of the molecule is CCOc1cc(CN(CCc2c[nH]c3ccc(OC)cc23)C(=S)Nc2cc(OC)ccc2OC)ccc1O. The molecule has 4 aromatic rings. The third-order valence-corrected chi connectivity index (χ3v) is 6.62. The Labute approximate surface area is 228 Å². The van der Waals surface area contributed by atoms with Crippen molar-refractivity contribution in [2.24, 2.45) is 0 Å². The fraction of sp³-hybridized carbons (Fsp3) is 0.276. The topological polar surface area (TPSA) is 88.2 Å². The molecule has 0 spiro atoms. The van der Waals surface area contributed by atoms with Gasteiger partial charge >= 0.3 is 0 Å². The Balaban J connectivity index is 1.61. The molecule has 9 heteroatoms. The number of aromatic hydroxyl groups is 1. The van der Waals surface area contributed by atoms with E-state index in [0.717, 1.165) is 34.2 Å². The van der Waals surface area contributed by atoms with E-state index in [1.54, 1.807) is 27.4 Å². The van der Waals surface area contributed by atoms with Crippen molar-refractivity contribution in [3.8, 4) is 28.7 Å². The fourth-order valence-corrected chi connectivity index (χ4v) is 4.52. The van der Waals surface area contributed by atoms with Crippen LogP contribution in [0.2, 0.25) is 0 Å². The van der Waals surface area contributed by atoms with Crippen molar-refractivity contribution in [2.45, 2.75) is 19.9 Å². The lowest BCUT2D eigenvalue weighted by Gasteiger charge is -2.27. The van der Waals surface area contributed by atoms with Gasteiger partial charge in [0, 0.05) is 36.3 Å². The molecule has 0 fully saturated rings. The Kier molecular flexibility index (Phi) is 8.81. The van der Waals surface area contributed by atoms with Gasteiger partial charge in [-0.3, -0.25) is 0 Å². The molecule has 0 atom stereocenters. The van der Waals surface area contributed by atoms with Crippen LogP contribution in [-0.2, 0) is 13.0 Å². The number of anilines is 1. The van der Waals surface area contributed by atoms with E-state index in [0.29, 0.717) is 47.7 Å². The average molecular weight is 536 g/mol. The summed E-state index contributed by atoms with van der Waals surface area (Å²) in [6, 6.07) is 16.9. The lowest BCUT2D eigenvalue weighted by Crippen LogP contribution is -2.36. The van der Waals surface area contributed by atoms with E-state index in [1.807, 2.05) is 61.7 Å². The number of ether oxygens (including phenoxy) is 4. The Hall–Kier alpha value is -4.11. The van der Waals surface area contributed by atoms with Crippen LogP contribution in [0.5, 0.6) is 28.7 Å². The highest BCUT2D eigenvalue weighted by atomic mass is 32.1. The normalized spacial score (nSPS) is 10.7. The van der Waals surface area contributed by atoms with Crippen molar-refractivity contribution in [2.75, 3.05) is 39.8 Å². The number of nitrogens with one attached hydrogen (secondary N) is 2. The molecule has 38 heavy (non-hydrogen) atoms.